The highest BCUT2D eigenvalue weighted by Gasteiger charge is 2.01. The molecule has 15 heavy (non-hydrogen) atoms. The highest BCUT2D eigenvalue weighted by Crippen LogP contribution is 2.11. The lowest BCUT2D eigenvalue weighted by Gasteiger charge is -2.00. The van der Waals surface area contributed by atoms with Gasteiger partial charge in [-0.1, -0.05) is 0 Å². The number of nitrogens with zero attached hydrogens (tertiary/aromatic N) is 1. The smallest absolute Gasteiger partial charge is 0.0952 e. The molecule has 0 amide bonds. The Bertz CT molecular complexity index is 265. The average molecular weight is 231 g/mol. The maximum atomic E-state index is 5.36. The normalized spacial score (nSPS) is 10.8. The van der Waals surface area contributed by atoms with Crippen molar-refractivity contribution in [3.05, 3.63) is 16.1 Å². The molecule has 0 aromatic carbocycles. The second-order valence-electron chi connectivity index (χ2n) is 3.02. The molecule has 1 aromatic rings. The fourth-order valence-electron chi connectivity index (χ4n) is 1.08. The molecule has 0 atom stereocenters. The van der Waals surface area contributed by atoms with Crippen molar-refractivity contribution in [1.29, 1.82) is 0 Å². The van der Waals surface area contributed by atoms with Crippen molar-refractivity contribution in [1.82, 2.24) is 4.98 Å². The molecule has 1 heterocycles. The molecule has 0 saturated carbocycles. The summed E-state index contributed by atoms with van der Waals surface area (Å²) in [5.74, 6) is 0. The summed E-state index contributed by atoms with van der Waals surface area (Å²) in [5, 5.41) is 3.12. The van der Waals surface area contributed by atoms with Gasteiger partial charge in [0.1, 0.15) is 0 Å². The second kappa shape index (κ2) is 7.76. The van der Waals surface area contributed by atoms with Crippen molar-refractivity contribution in [3.63, 3.8) is 0 Å². The van der Waals surface area contributed by atoms with Crippen LogP contribution in [0.1, 0.15) is 10.7 Å². The molecular formula is C10H17NO3S. The minimum Gasteiger partial charge on any atom is -0.382 e. The van der Waals surface area contributed by atoms with Gasteiger partial charge < -0.3 is 14.2 Å². The van der Waals surface area contributed by atoms with Gasteiger partial charge in [0.25, 0.3) is 0 Å². The molecule has 0 aliphatic rings. The third-order valence-corrected chi connectivity index (χ3v) is 2.74. The molecule has 0 bridgehead atoms. The van der Waals surface area contributed by atoms with Crippen LogP contribution in [-0.2, 0) is 27.2 Å². The van der Waals surface area contributed by atoms with Crippen LogP contribution in [0.3, 0.4) is 0 Å². The van der Waals surface area contributed by atoms with Gasteiger partial charge >= 0.3 is 0 Å². The summed E-state index contributed by atoms with van der Waals surface area (Å²) in [4.78, 5) is 4.40. The maximum Gasteiger partial charge on any atom is 0.0952 e. The third-order valence-electron chi connectivity index (χ3n) is 1.78. The van der Waals surface area contributed by atoms with Crippen LogP contribution in [-0.4, -0.2) is 39.0 Å². The van der Waals surface area contributed by atoms with E-state index in [1.54, 1.807) is 25.6 Å². The molecular weight excluding hydrogens is 214 g/mol. The Hall–Kier alpha value is -0.490. The van der Waals surface area contributed by atoms with Crippen LogP contribution in [0.5, 0.6) is 0 Å². The van der Waals surface area contributed by atoms with Crippen LogP contribution in [0.4, 0.5) is 0 Å². The van der Waals surface area contributed by atoms with Gasteiger partial charge in [-0.3, -0.25) is 0 Å². The van der Waals surface area contributed by atoms with Gasteiger partial charge in [-0.15, -0.1) is 11.3 Å². The van der Waals surface area contributed by atoms with Gasteiger partial charge in [0.2, 0.25) is 0 Å². The van der Waals surface area contributed by atoms with Gasteiger partial charge in [0, 0.05) is 26.0 Å². The molecule has 4 nitrogen and oxygen atoms in total. The quantitative estimate of drug-likeness (QED) is 0.636. The fraction of sp³-hybridized carbons (Fsp3) is 0.700. The lowest BCUT2D eigenvalue weighted by Crippen LogP contribution is -2.04. The number of aromatic nitrogens is 1. The highest BCUT2D eigenvalue weighted by molar-refractivity contribution is 7.09. The Labute approximate surface area is 94.2 Å². The zero-order valence-corrected chi connectivity index (χ0v) is 10.0. The van der Waals surface area contributed by atoms with E-state index in [-0.39, 0.29) is 0 Å². The first-order chi connectivity index (χ1) is 7.36. The number of thiazole rings is 1. The van der Waals surface area contributed by atoms with Crippen LogP contribution in [0.25, 0.3) is 0 Å². The van der Waals surface area contributed by atoms with Crippen LogP contribution in [0.15, 0.2) is 5.38 Å². The number of rotatable bonds is 8. The zero-order valence-electron chi connectivity index (χ0n) is 9.19. The molecule has 0 fully saturated rings. The summed E-state index contributed by atoms with van der Waals surface area (Å²) in [7, 11) is 3.34. The Morgan fingerprint density at radius 2 is 2.07 bits per heavy atom. The predicted molar refractivity (Wildman–Crippen MR) is 59.2 cm³/mol. The van der Waals surface area contributed by atoms with E-state index >= 15 is 0 Å². The Kier molecular flexibility index (Phi) is 6.50. The monoisotopic (exact) mass is 231 g/mol. The molecule has 0 spiro atoms. The molecule has 0 radical (unpaired) electrons. The summed E-state index contributed by atoms with van der Waals surface area (Å²) >= 11 is 1.65. The Balaban J connectivity index is 2.14. The second-order valence-corrected chi connectivity index (χ2v) is 3.96. The van der Waals surface area contributed by atoms with E-state index in [1.807, 2.05) is 5.38 Å². The van der Waals surface area contributed by atoms with E-state index in [9.17, 15) is 0 Å². The summed E-state index contributed by atoms with van der Waals surface area (Å²) < 4.78 is 15.2. The molecule has 0 saturated heterocycles. The lowest BCUT2D eigenvalue weighted by atomic mass is 10.4. The minimum absolute atomic E-state index is 0.584. The van der Waals surface area contributed by atoms with Crippen molar-refractivity contribution in [2.75, 3.05) is 34.0 Å². The van der Waals surface area contributed by atoms with Gasteiger partial charge in [-0.2, -0.15) is 0 Å². The van der Waals surface area contributed by atoms with Crippen molar-refractivity contribution in [3.8, 4) is 0 Å². The van der Waals surface area contributed by atoms with E-state index < -0.39 is 0 Å². The van der Waals surface area contributed by atoms with Gasteiger partial charge in [0.15, 0.2) is 0 Å². The van der Waals surface area contributed by atoms with Crippen LogP contribution < -0.4 is 0 Å². The molecule has 0 aliphatic heterocycles. The summed E-state index contributed by atoms with van der Waals surface area (Å²) in [6.07, 6.45) is 0.859. The fourth-order valence-corrected chi connectivity index (χ4v) is 1.85. The maximum absolute atomic E-state index is 5.36. The van der Waals surface area contributed by atoms with E-state index in [0.717, 1.165) is 17.1 Å². The minimum atomic E-state index is 0.584. The standard InChI is InChI=1S/C10H17NO3S/c1-12-5-6-14-4-3-10-11-9(7-13-2)8-15-10/h8H,3-7H2,1-2H3. The first-order valence-corrected chi connectivity index (χ1v) is 5.73. The van der Waals surface area contributed by atoms with Crippen LogP contribution in [0.2, 0.25) is 0 Å². The average Bonchev–Trinajstić information content (AvgIpc) is 2.66. The van der Waals surface area contributed by atoms with Gasteiger partial charge in [0.05, 0.1) is 37.1 Å². The molecule has 86 valence electrons. The Morgan fingerprint density at radius 1 is 1.20 bits per heavy atom. The number of ether oxygens (including phenoxy) is 3. The lowest BCUT2D eigenvalue weighted by molar-refractivity contribution is 0.0722. The summed E-state index contributed by atoms with van der Waals surface area (Å²) in [6, 6.07) is 0. The topological polar surface area (TPSA) is 40.6 Å². The summed E-state index contributed by atoms with van der Waals surface area (Å²) in [6.45, 7) is 2.57. The molecule has 0 N–H and O–H groups in total. The predicted octanol–water partition coefficient (Wildman–Crippen LogP) is 1.49. The zero-order chi connectivity index (χ0) is 10.9. The highest BCUT2D eigenvalue weighted by atomic mass is 32.1. The number of hydrogen-bond acceptors (Lipinski definition) is 5. The molecule has 0 unspecified atom stereocenters. The van der Waals surface area contributed by atoms with Crippen molar-refractivity contribution in [2.24, 2.45) is 0 Å². The first kappa shape index (κ1) is 12.6. The van der Waals surface area contributed by atoms with Gasteiger partial charge in [-0.05, 0) is 0 Å². The van der Waals surface area contributed by atoms with Crippen molar-refractivity contribution < 1.29 is 14.2 Å². The third kappa shape index (κ3) is 5.22. The van der Waals surface area contributed by atoms with E-state index in [4.69, 9.17) is 14.2 Å². The molecule has 0 aliphatic carbocycles. The molecule has 1 aromatic heterocycles. The summed E-state index contributed by atoms with van der Waals surface area (Å²) in [5.41, 5.74) is 0.995. The Morgan fingerprint density at radius 3 is 2.80 bits per heavy atom. The molecule has 5 heteroatoms. The van der Waals surface area contributed by atoms with Gasteiger partial charge in [-0.25, -0.2) is 4.98 Å². The van der Waals surface area contributed by atoms with Crippen LogP contribution >= 0.6 is 11.3 Å². The van der Waals surface area contributed by atoms with E-state index in [2.05, 4.69) is 4.98 Å². The van der Waals surface area contributed by atoms with Crippen LogP contribution in [0, 0.1) is 0 Å². The largest absolute Gasteiger partial charge is 0.382 e. The number of methoxy groups -OCH3 is 2. The number of hydrogen-bond donors (Lipinski definition) is 0. The molecule has 1 rings (SSSR count). The van der Waals surface area contributed by atoms with Crippen molar-refractivity contribution >= 4 is 11.3 Å². The van der Waals surface area contributed by atoms with Crippen molar-refractivity contribution in [2.45, 2.75) is 13.0 Å². The van der Waals surface area contributed by atoms with E-state index in [1.165, 1.54) is 0 Å². The van der Waals surface area contributed by atoms with E-state index in [0.29, 0.717) is 26.4 Å². The SMILES string of the molecule is COCCOCCc1nc(COC)cs1. The first-order valence-electron chi connectivity index (χ1n) is 4.85.